The van der Waals surface area contributed by atoms with E-state index >= 15 is 0 Å². The van der Waals surface area contributed by atoms with E-state index in [1.807, 2.05) is 49.5 Å². The molecular formula is C48H50IrN6OSi-2. The molecule has 0 spiro atoms. The Labute approximate surface area is 350 Å². The third-order valence-corrected chi connectivity index (χ3v) is 13.0. The summed E-state index contributed by atoms with van der Waals surface area (Å²) < 4.78 is 8.05. The molecule has 0 unspecified atom stereocenters. The first-order valence-electron chi connectivity index (χ1n) is 20.1. The van der Waals surface area contributed by atoms with Crippen LogP contribution in [0, 0.1) is 25.1 Å². The standard InChI is InChI=1S/C27H22N5O.C21H28NSi.Ir/c1-16(2)22-12-23-24(14-28-22)32(15-18-7-5-4-6-8-18)25(31-23)19-11-21-20-10-9-17(3)30-27(20)33-26(21)29-13-19;1-23(2,3)21-16-22-20(18-12-8-5-9-13-18)15-19(21)14-17-10-6-4-7-11-17;/h4-12,14,16H,15H2,1-3H3;5,8-9,12,15-17H,4,6-7,10-11,14H2,1-3H3;/q2*-1;. The van der Waals surface area contributed by atoms with Crippen molar-refractivity contribution in [2.45, 2.75) is 91.4 Å². The number of hydrogen-bond donors (Lipinski definition) is 0. The maximum atomic E-state index is 5.86. The number of rotatable bonds is 8. The second-order valence-corrected chi connectivity index (χ2v) is 21.7. The molecule has 1 aliphatic carbocycles. The Morgan fingerprint density at radius 2 is 1.61 bits per heavy atom. The van der Waals surface area contributed by atoms with Crippen molar-refractivity contribution < 1.29 is 24.5 Å². The van der Waals surface area contributed by atoms with Crippen LogP contribution in [0.2, 0.25) is 19.6 Å². The molecule has 7 nitrogen and oxygen atoms in total. The van der Waals surface area contributed by atoms with Crippen LogP contribution < -0.4 is 5.19 Å². The number of pyridine rings is 4. The third kappa shape index (κ3) is 9.01. The average molecular weight is 947 g/mol. The van der Waals surface area contributed by atoms with Gasteiger partial charge in [0, 0.05) is 49.6 Å². The maximum Gasteiger partial charge on any atom is 0.217 e. The molecule has 1 aliphatic rings. The molecule has 1 fully saturated rings. The Bertz CT molecular complexity index is 2610. The first-order valence-corrected chi connectivity index (χ1v) is 23.6. The van der Waals surface area contributed by atoms with Gasteiger partial charge in [-0.3, -0.25) is 9.97 Å². The van der Waals surface area contributed by atoms with Crippen LogP contribution in [0.1, 0.15) is 74.4 Å². The SMILES string of the molecule is C[Si](C)(C)c1cnc(-c2[c-]cccc2)cc1CC1CCCCC1.Cc1ccc2c(n1)oc1n[c-]c(-c3nc4cc(C(C)C)ncc4n3Cc3ccccc3)cc12.[Ir]. The van der Waals surface area contributed by atoms with Gasteiger partial charge >= 0.3 is 0 Å². The molecule has 0 atom stereocenters. The Hall–Kier alpha value is -4.82. The Morgan fingerprint density at radius 3 is 2.35 bits per heavy atom. The summed E-state index contributed by atoms with van der Waals surface area (Å²) in [6.07, 6.45) is 15.5. The van der Waals surface area contributed by atoms with E-state index < -0.39 is 8.07 Å². The quantitative estimate of drug-likeness (QED) is 0.111. The molecule has 1 radical (unpaired) electrons. The first kappa shape index (κ1) is 40.4. The zero-order chi connectivity index (χ0) is 38.8. The van der Waals surface area contributed by atoms with Crippen molar-refractivity contribution in [1.29, 1.82) is 0 Å². The average Bonchev–Trinajstić information content (AvgIpc) is 3.75. The van der Waals surface area contributed by atoms with E-state index in [2.05, 4.69) is 115 Å². The van der Waals surface area contributed by atoms with Gasteiger partial charge in [-0.2, -0.15) is 0 Å². The first-order chi connectivity index (χ1) is 27.1. The molecule has 9 heteroatoms. The van der Waals surface area contributed by atoms with Crippen molar-refractivity contribution in [1.82, 2.24) is 29.5 Å². The van der Waals surface area contributed by atoms with Crippen molar-refractivity contribution in [2.75, 3.05) is 0 Å². The van der Waals surface area contributed by atoms with Gasteiger partial charge in [0.1, 0.15) is 5.71 Å². The van der Waals surface area contributed by atoms with Crippen molar-refractivity contribution in [3.63, 3.8) is 0 Å². The van der Waals surface area contributed by atoms with Gasteiger partial charge in [0.05, 0.1) is 31.1 Å². The fraction of sp³-hybridized carbons (Fsp3) is 0.312. The number of nitrogens with zero attached hydrogens (tertiary/aromatic N) is 6. The van der Waals surface area contributed by atoms with Crippen LogP contribution in [0.15, 0.2) is 102 Å². The van der Waals surface area contributed by atoms with Gasteiger partial charge < -0.3 is 19.0 Å². The summed E-state index contributed by atoms with van der Waals surface area (Å²) in [6, 6.07) is 32.4. The van der Waals surface area contributed by atoms with Crippen LogP contribution in [-0.2, 0) is 33.1 Å². The van der Waals surface area contributed by atoms with Crippen molar-refractivity contribution in [3.8, 4) is 22.6 Å². The van der Waals surface area contributed by atoms with Crippen LogP contribution in [0.4, 0.5) is 0 Å². The topological polar surface area (TPSA) is 82.5 Å². The predicted molar refractivity (Wildman–Crippen MR) is 231 cm³/mol. The molecule has 57 heavy (non-hydrogen) atoms. The van der Waals surface area contributed by atoms with Gasteiger partial charge in [0.15, 0.2) is 0 Å². The number of imidazole rings is 1. The van der Waals surface area contributed by atoms with E-state index in [0.717, 1.165) is 61.8 Å². The van der Waals surface area contributed by atoms with E-state index in [1.54, 1.807) is 10.8 Å². The number of fused-ring (bicyclic) bond motifs is 4. The largest absolute Gasteiger partial charge is 0.467 e. The van der Waals surface area contributed by atoms with Crippen molar-refractivity contribution >= 4 is 46.5 Å². The van der Waals surface area contributed by atoms with E-state index in [4.69, 9.17) is 19.4 Å². The normalized spacial score (nSPS) is 13.5. The molecule has 8 aromatic rings. The molecule has 6 heterocycles. The third-order valence-electron chi connectivity index (χ3n) is 11.0. The zero-order valence-corrected chi connectivity index (χ0v) is 37.2. The van der Waals surface area contributed by atoms with Crippen LogP contribution >= 0.6 is 0 Å². The summed E-state index contributed by atoms with van der Waals surface area (Å²) in [5.74, 6) is 2.00. The molecule has 6 aromatic heterocycles. The summed E-state index contributed by atoms with van der Waals surface area (Å²) >= 11 is 0. The van der Waals surface area contributed by atoms with Crippen LogP contribution in [0.3, 0.4) is 0 Å². The van der Waals surface area contributed by atoms with Crippen LogP contribution in [0.25, 0.3) is 55.9 Å². The molecule has 0 bridgehead atoms. The molecule has 293 valence electrons. The molecule has 0 N–H and O–H groups in total. The van der Waals surface area contributed by atoms with Gasteiger partial charge in [0.2, 0.25) is 5.71 Å². The summed E-state index contributed by atoms with van der Waals surface area (Å²) in [4.78, 5) is 23.5. The predicted octanol–water partition coefficient (Wildman–Crippen LogP) is 11.3. The summed E-state index contributed by atoms with van der Waals surface area (Å²) in [6.45, 7) is 14.2. The van der Waals surface area contributed by atoms with Gasteiger partial charge in [-0.05, 0) is 71.4 Å². The number of benzene rings is 2. The van der Waals surface area contributed by atoms with Gasteiger partial charge in [-0.15, -0.1) is 42.0 Å². The maximum absolute atomic E-state index is 5.86. The second-order valence-electron chi connectivity index (χ2n) is 16.6. The van der Waals surface area contributed by atoms with Crippen LogP contribution in [0.5, 0.6) is 0 Å². The van der Waals surface area contributed by atoms with Gasteiger partial charge in [-0.25, -0.2) is 4.98 Å². The van der Waals surface area contributed by atoms with E-state index in [9.17, 15) is 0 Å². The monoisotopic (exact) mass is 947 g/mol. The van der Waals surface area contributed by atoms with Crippen molar-refractivity contribution in [2.24, 2.45) is 5.92 Å². The molecule has 2 aromatic carbocycles. The van der Waals surface area contributed by atoms with Crippen molar-refractivity contribution in [3.05, 3.63) is 132 Å². The summed E-state index contributed by atoms with van der Waals surface area (Å²) in [5.41, 5.74) is 10.7. The number of hydrogen-bond acceptors (Lipinski definition) is 6. The number of furan rings is 1. The molecule has 9 rings (SSSR count). The van der Waals surface area contributed by atoms with Gasteiger partial charge in [0.25, 0.3) is 0 Å². The Balaban J connectivity index is 0.000000183. The second kappa shape index (κ2) is 17.3. The molecule has 1 saturated carbocycles. The zero-order valence-electron chi connectivity index (χ0n) is 33.8. The molecular weight excluding hydrogens is 897 g/mol. The number of aromatic nitrogens is 6. The minimum atomic E-state index is -1.36. The minimum absolute atomic E-state index is 0. The Kier molecular flexibility index (Phi) is 12.3. The van der Waals surface area contributed by atoms with E-state index in [0.29, 0.717) is 23.9 Å². The van der Waals surface area contributed by atoms with Crippen LogP contribution in [-0.4, -0.2) is 37.6 Å². The minimum Gasteiger partial charge on any atom is -0.467 e. The van der Waals surface area contributed by atoms with Gasteiger partial charge in [-0.1, -0.05) is 113 Å². The fourth-order valence-electron chi connectivity index (χ4n) is 7.93. The Morgan fingerprint density at radius 1 is 0.825 bits per heavy atom. The molecule has 0 saturated heterocycles. The fourth-order valence-corrected chi connectivity index (χ4v) is 9.52. The van der Waals surface area contributed by atoms with E-state index in [-0.39, 0.29) is 20.1 Å². The molecule has 0 amide bonds. The smallest absolute Gasteiger partial charge is 0.217 e. The number of aryl methyl sites for hydroxylation is 1. The summed E-state index contributed by atoms with van der Waals surface area (Å²) in [7, 11) is -1.36. The van der Waals surface area contributed by atoms with E-state index in [1.165, 1.54) is 44.1 Å². The molecule has 0 aliphatic heterocycles. The summed E-state index contributed by atoms with van der Waals surface area (Å²) in [5, 5.41) is 3.39.